The van der Waals surface area contributed by atoms with Gasteiger partial charge in [-0.3, -0.25) is 4.79 Å². The lowest BCUT2D eigenvalue weighted by Gasteiger charge is -2.45. The van der Waals surface area contributed by atoms with E-state index in [-0.39, 0.29) is 67.0 Å². The number of esters is 2. The Morgan fingerprint density at radius 1 is 1.16 bits per heavy atom. The number of aliphatic hydroxyl groups is 1. The van der Waals surface area contributed by atoms with Gasteiger partial charge in [-0.05, 0) is 48.7 Å². The third-order valence-corrected chi connectivity index (χ3v) is 9.04. The van der Waals surface area contributed by atoms with E-state index in [4.69, 9.17) is 35.4 Å². The summed E-state index contributed by atoms with van der Waals surface area (Å²) < 4.78 is 73.2. The Morgan fingerprint density at radius 2 is 1.87 bits per heavy atom. The van der Waals surface area contributed by atoms with Gasteiger partial charge in [0.2, 0.25) is 10.0 Å². The normalized spacial score (nSPS) is 21.7. The number of sulfonamides is 1. The summed E-state index contributed by atoms with van der Waals surface area (Å²) in [5, 5.41) is 19.2. The van der Waals surface area contributed by atoms with Crippen molar-refractivity contribution in [2.75, 3.05) is 25.1 Å². The highest BCUT2D eigenvalue weighted by Gasteiger charge is 2.48. The molecule has 3 aromatic rings. The van der Waals surface area contributed by atoms with Crippen LogP contribution >= 0.6 is 11.6 Å². The first kappa shape index (κ1) is 34.3. The van der Waals surface area contributed by atoms with Crippen molar-refractivity contribution in [2.45, 2.75) is 43.9 Å². The monoisotopic (exact) mass is 670 g/mol. The highest BCUT2D eigenvalue weighted by molar-refractivity contribution is 7.89. The van der Waals surface area contributed by atoms with Crippen molar-refractivity contribution >= 4 is 39.3 Å². The molecule has 4 atom stereocenters. The molecule has 45 heavy (non-hydrogen) atoms. The molecule has 1 unspecified atom stereocenters. The number of rotatable bonds is 12. The molecular formula is C30H33ClF2N2O9S. The molecule has 0 amide bonds. The Balaban J connectivity index is 1.32. The first-order valence-corrected chi connectivity index (χ1v) is 15.9. The van der Waals surface area contributed by atoms with E-state index in [1.807, 2.05) is 6.92 Å². The van der Waals surface area contributed by atoms with Gasteiger partial charge < -0.3 is 29.1 Å². The second-order valence-corrected chi connectivity index (χ2v) is 12.8. The zero-order valence-electron chi connectivity index (χ0n) is 24.4. The van der Waals surface area contributed by atoms with Crippen LogP contribution < -0.4 is 10.5 Å². The van der Waals surface area contributed by atoms with Crippen molar-refractivity contribution in [1.82, 2.24) is 0 Å². The van der Waals surface area contributed by atoms with Crippen LogP contribution in [0.1, 0.15) is 48.4 Å². The van der Waals surface area contributed by atoms with Crippen molar-refractivity contribution in [1.29, 1.82) is 0 Å². The summed E-state index contributed by atoms with van der Waals surface area (Å²) in [6.07, 6.45) is 1.43. The summed E-state index contributed by atoms with van der Waals surface area (Å²) in [5.41, 5.74) is -0.0479. The van der Waals surface area contributed by atoms with Gasteiger partial charge >= 0.3 is 11.9 Å². The molecule has 1 fully saturated rings. The molecule has 1 aliphatic rings. The predicted octanol–water partition coefficient (Wildman–Crippen LogP) is 4.71. The number of hydrogen-bond acceptors (Lipinski definition) is 10. The van der Waals surface area contributed by atoms with E-state index in [2.05, 4.69) is 5.32 Å². The summed E-state index contributed by atoms with van der Waals surface area (Å²) in [6, 6.07) is 8.30. The molecule has 1 saturated heterocycles. The molecule has 0 saturated carbocycles. The maximum atomic E-state index is 13.8. The standard InChI is InChI=1S/C30H33ClF2N2O9S/c1-17-15-44-30(38,19-9-20(32)11-21(33)10-19)18(2)24(17)16-43-28(36)6-4-8-42-29(37)23-12-27(45(34,39)40)25(31)13-26(23)35-14-22-5-3-7-41-22/h3,5,7,9-13,17-18,24,35,38H,4,6,8,14-16H2,1-2H3,(H2,34,39,40)/t17-,18-,24?,30-/m1/s1. The lowest BCUT2D eigenvalue weighted by atomic mass is 9.75. The second kappa shape index (κ2) is 14.3. The number of benzene rings is 2. The molecule has 2 aromatic carbocycles. The Bertz CT molecular complexity index is 1620. The van der Waals surface area contributed by atoms with E-state index < -0.39 is 56.1 Å². The third kappa shape index (κ3) is 8.38. The Labute approximate surface area is 263 Å². The number of furan rings is 1. The number of anilines is 1. The van der Waals surface area contributed by atoms with Crippen LogP contribution in [0.2, 0.25) is 5.02 Å². The van der Waals surface area contributed by atoms with Crippen molar-refractivity contribution in [3.63, 3.8) is 0 Å². The lowest BCUT2D eigenvalue weighted by Crippen LogP contribution is -2.50. The van der Waals surface area contributed by atoms with Crippen LogP contribution in [0.3, 0.4) is 0 Å². The van der Waals surface area contributed by atoms with Crippen LogP contribution in [0, 0.1) is 29.4 Å². The van der Waals surface area contributed by atoms with Crippen molar-refractivity contribution < 1.29 is 50.5 Å². The number of primary sulfonamides is 1. The number of carbonyl (C=O) groups is 2. The average molecular weight is 671 g/mol. The molecule has 244 valence electrons. The number of halogens is 3. The quantitative estimate of drug-likeness (QED) is 0.181. The van der Waals surface area contributed by atoms with E-state index in [0.29, 0.717) is 11.8 Å². The number of ether oxygens (including phenoxy) is 3. The lowest BCUT2D eigenvalue weighted by molar-refractivity contribution is -0.293. The number of nitrogens with one attached hydrogen (secondary N) is 1. The summed E-state index contributed by atoms with van der Waals surface area (Å²) >= 11 is 6.10. The van der Waals surface area contributed by atoms with Crippen molar-refractivity contribution in [2.24, 2.45) is 22.9 Å². The van der Waals surface area contributed by atoms with E-state index >= 15 is 0 Å². The maximum absolute atomic E-state index is 13.8. The molecule has 0 aliphatic carbocycles. The minimum atomic E-state index is -4.26. The summed E-state index contributed by atoms with van der Waals surface area (Å²) in [7, 11) is -4.26. The van der Waals surface area contributed by atoms with Crippen LogP contribution in [0.4, 0.5) is 14.5 Å². The number of nitrogens with two attached hydrogens (primary N) is 1. The van der Waals surface area contributed by atoms with Crippen molar-refractivity contribution in [3.05, 3.63) is 82.3 Å². The molecule has 15 heteroatoms. The van der Waals surface area contributed by atoms with E-state index in [1.54, 1.807) is 19.1 Å². The van der Waals surface area contributed by atoms with Crippen LogP contribution in [-0.2, 0) is 41.4 Å². The Hall–Kier alpha value is -3.56. The smallest absolute Gasteiger partial charge is 0.340 e. The number of hydrogen-bond donors (Lipinski definition) is 3. The molecule has 1 aliphatic heterocycles. The molecule has 0 radical (unpaired) electrons. The Morgan fingerprint density at radius 3 is 2.51 bits per heavy atom. The highest BCUT2D eigenvalue weighted by Crippen LogP contribution is 2.43. The van der Waals surface area contributed by atoms with Crippen LogP contribution in [0.5, 0.6) is 0 Å². The minimum Gasteiger partial charge on any atom is -0.467 e. The topological polar surface area (TPSA) is 167 Å². The van der Waals surface area contributed by atoms with Crippen molar-refractivity contribution in [3.8, 4) is 0 Å². The van der Waals surface area contributed by atoms with E-state index in [1.165, 1.54) is 12.3 Å². The molecule has 1 aromatic heterocycles. The van der Waals surface area contributed by atoms with E-state index in [0.717, 1.165) is 18.2 Å². The van der Waals surface area contributed by atoms with Crippen LogP contribution in [0.25, 0.3) is 0 Å². The van der Waals surface area contributed by atoms with Gasteiger partial charge in [-0.2, -0.15) is 0 Å². The highest BCUT2D eigenvalue weighted by atomic mass is 35.5. The molecule has 2 heterocycles. The van der Waals surface area contributed by atoms with Gasteiger partial charge in [0.1, 0.15) is 22.3 Å². The van der Waals surface area contributed by atoms with Gasteiger partial charge in [-0.15, -0.1) is 0 Å². The molecule has 0 bridgehead atoms. The fourth-order valence-corrected chi connectivity index (χ4v) is 6.21. The fourth-order valence-electron chi connectivity index (χ4n) is 5.11. The Kier molecular flexibility index (Phi) is 10.9. The molecule has 4 rings (SSSR count). The van der Waals surface area contributed by atoms with Gasteiger partial charge in [0.05, 0.1) is 48.9 Å². The summed E-state index contributed by atoms with van der Waals surface area (Å²) in [4.78, 5) is 25.0. The zero-order chi connectivity index (χ0) is 32.9. The molecule has 4 N–H and O–H groups in total. The molecule has 0 spiro atoms. The van der Waals surface area contributed by atoms with Gasteiger partial charge in [0.25, 0.3) is 0 Å². The molecule has 11 nitrogen and oxygen atoms in total. The average Bonchev–Trinajstić information content (AvgIpc) is 3.49. The number of carbonyl (C=O) groups excluding carboxylic acids is 2. The van der Waals surface area contributed by atoms with Crippen LogP contribution in [0.15, 0.2) is 58.0 Å². The zero-order valence-corrected chi connectivity index (χ0v) is 26.0. The van der Waals surface area contributed by atoms with Gasteiger partial charge in [-0.25, -0.2) is 27.1 Å². The van der Waals surface area contributed by atoms with Gasteiger partial charge in [0, 0.05) is 29.9 Å². The van der Waals surface area contributed by atoms with Gasteiger partial charge in [0.15, 0.2) is 5.79 Å². The largest absolute Gasteiger partial charge is 0.467 e. The second-order valence-electron chi connectivity index (χ2n) is 10.8. The SMILES string of the molecule is C[C@@H]1CO[C@@](O)(c2cc(F)cc(F)c2)[C@H](C)C1COC(=O)CCCOC(=O)c1cc(S(N)(=O)=O)c(Cl)cc1NCc1ccco1. The summed E-state index contributed by atoms with van der Waals surface area (Å²) in [5.74, 6) is -5.89. The fraction of sp³-hybridized carbons (Fsp3) is 0.400. The minimum absolute atomic E-state index is 0.0629. The molecular weight excluding hydrogens is 638 g/mol. The summed E-state index contributed by atoms with van der Waals surface area (Å²) in [6.45, 7) is 3.42. The third-order valence-electron chi connectivity index (χ3n) is 7.66. The van der Waals surface area contributed by atoms with Gasteiger partial charge in [-0.1, -0.05) is 25.4 Å². The van der Waals surface area contributed by atoms with Crippen LogP contribution in [-0.4, -0.2) is 45.3 Å². The maximum Gasteiger partial charge on any atom is 0.340 e. The predicted molar refractivity (Wildman–Crippen MR) is 157 cm³/mol. The first-order valence-electron chi connectivity index (χ1n) is 14.0. The van der Waals surface area contributed by atoms with E-state index in [9.17, 15) is 31.9 Å². The first-order chi connectivity index (χ1) is 21.2.